The minimum atomic E-state index is 0.436. The van der Waals surface area contributed by atoms with Crippen molar-refractivity contribution in [2.24, 2.45) is 0 Å². The summed E-state index contributed by atoms with van der Waals surface area (Å²) >= 11 is 18.1. The molecule has 0 amide bonds. The fraction of sp³-hybridized carbons (Fsp3) is 0. The van der Waals surface area contributed by atoms with Gasteiger partial charge >= 0.3 is 0 Å². The van der Waals surface area contributed by atoms with Gasteiger partial charge in [-0.3, -0.25) is 0 Å². The Kier molecular flexibility index (Phi) is 2.94. The minimum absolute atomic E-state index is 0.436. The second-order valence-corrected chi connectivity index (χ2v) is 5.08. The molecule has 3 rings (SSSR count). The molecule has 0 saturated carbocycles. The summed E-state index contributed by atoms with van der Waals surface area (Å²) < 4.78 is 0. The van der Waals surface area contributed by atoms with Gasteiger partial charge in [0.25, 0.3) is 0 Å². The largest absolute Gasteiger partial charge is 0.346 e. The van der Waals surface area contributed by atoms with E-state index in [2.05, 4.69) is 9.97 Å². The van der Waals surface area contributed by atoms with Crippen LogP contribution in [0.25, 0.3) is 22.3 Å². The normalized spacial score (nSPS) is 11.1. The zero-order valence-corrected chi connectivity index (χ0v) is 11.3. The average Bonchev–Trinajstić information content (AvgIpc) is 2.80. The monoisotopic (exact) mass is 296 g/mol. The molecule has 18 heavy (non-hydrogen) atoms. The van der Waals surface area contributed by atoms with E-state index in [0.717, 1.165) is 22.3 Å². The number of nitrogens with zero attached hydrogens (tertiary/aromatic N) is 1. The Balaban J connectivity index is 2.21. The van der Waals surface area contributed by atoms with Gasteiger partial charge in [0.1, 0.15) is 5.65 Å². The highest BCUT2D eigenvalue weighted by molar-refractivity contribution is 6.44. The second-order valence-electron chi connectivity index (χ2n) is 3.86. The van der Waals surface area contributed by atoms with Gasteiger partial charge in [0.2, 0.25) is 0 Å². The third-order valence-corrected chi connectivity index (χ3v) is 3.73. The lowest BCUT2D eigenvalue weighted by Crippen LogP contribution is -1.86. The van der Waals surface area contributed by atoms with Crippen LogP contribution in [0.5, 0.6) is 0 Å². The summed E-state index contributed by atoms with van der Waals surface area (Å²) in [6.45, 7) is 0. The van der Waals surface area contributed by atoms with Crippen molar-refractivity contribution < 1.29 is 0 Å². The molecule has 90 valence electrons. The van der Waals surface area contributed by atoms with E-state index in [9.17, 15) is 0 Å². The lowest BCUT2D eigenvalue weighted by molar-refractivity contribution is 1.32. The van der Waals surface area contributed by atoms with Crippen LogP contribution in [0, 0.1) is 0 Å². The molecule has 0 atom stereocenters. The highest BCUT2D eigenvalue weighted by Crippen LogP contribution is 2.34. The Morgan fingerprint density at radius 2 is 1.67 bits per heavy atom. The number of rotatable bonds is 1. The van der Waals surface area contributed by atoms with Crippen molar-refractivity contribution in [2.75, 3.05) is 0 Å². The van der Waals surface area contributed by atoms with Crippen molar-refractivity contribution in [1.82, 2.24) is 9.97 Å². The van der Waals surface area contributed by atoms with E-state index >= 15 is 0 Å². The number of halogens is 3. The van der Waals surface area contributed by atoms with Crippen LogP contribution in [0.4, 0.5) is 0 Å². The Bertz CT molecular complexity index is 734. The fourth-order valence-electron chi connectivity index (χ4n) is 1.80. The van der Waals surface area contributed by atoms with Crippen molar-refractivity contribution in [2.45, 2.75) is 0 Å². The molecule has 0 saturated heterocycles. The SMILES string of the molecule is Clc1cc(Cl)c(-c2ccc3cc[nH]c3n2)cc1Cl. The lowest BCUT2D eigenvalue weighted by Gasteiger charge is -2.06. The van der Waals surface area contributed by atoms with E-state index in [-0.39, 0.29) is 0 Å². The number of aromatic amines is 1. The standard InChI is InChI=1S/C13H7Cl3N2/c14-9-6-11(16)10(15)5-8(9)12-2-1-7-3-4-17-13(7)18-12/h1-6H,(H,17,18). The molecule has 2 nitrogen and oxygen atoms in total. The maximum atomic E-state index is 6.17. The number of benzene rings is 1. The highest BCUT2D eigenvalue weighted by Gasteiger charge is 2.10. The van der Waals surface area contributed by atoms with Gasteiger partial charge in [-0.15, -0.1) is 0 Å². The van der Waals surface area contributed by atoms with Crippen LogP contribution in [0.2, 0.25) is 15.1 Å². The van der Waals surface area contributed by atoms with Gasteiger partial charge in [-0.1, -0.05) is 34.8 Å². The van der Waals surface area contributed by atoms with Gasteiger partial charge in [0.15, 0.2) is 0 Å². The molecule has 3 aromatic rings. The molecular formula is C13H7Cl3N2. The van der Waals surface area contributed by atoms with Crippen molar-refractivity contribution in [3.8, 4) is 11.3 Å². The Morgan fingerprint density at radius 3 is 2.50 bits per heavy atom. The molecule has 2 heterocycles. The molecule has 0 aliphatic rings. The summed E-state index contributed by atoms with van der Waals surface area (Å²) in [7, 11) is 0. The summed E-state index contributed by atoms with van der Waals surface area (Å²) in [5.41, 5.74) is 2.34. The van der Waals surface area contributed by atoms with Gasteiger partial charge < -0.3 is 4.98 Å². The number of aromatic nitrogens is 2. The van der Waals surface area contributed by atoms with Crippen molar-refractivity contribution in [1.29, 1.82) is 0 Å². The summed E-state index contributed by atoms with van der Waals surface area (Å²) in [5.74, 6) is 0. The van der Waals surface area contributed by atoms with E-state index in [1.165, 1.54) is 0 Å². The predicted octanol–water partition coefficient (Wildman–Crippen LogP) is 5.19. The molecule has 0 bridgehead atoms. The first kappa shape index (κ1) is 11.8. The second kappa shape index (κ2) is 4.47. The molecule has 0 aliphatic carbocycles. The van der Waals surface area contributed by atoms with Crippen molar-refractivity contribution in [3.63, 3.8) is 0 Å². The number of H-pyrrole nitrogens is 1. The molecule has 2 aromatic heterocycles. The van der Waals surface area contributed by atoms with Gasteiger partial charge in [0.05, 0.1) is 20.8 Å². The third-order valence-electron chi connectivity index (χ3n) is 2.70. The molecule has 0 radical (unpaired) electrons. The number of fused-ring (bicyclic) bond motifs is 1. The minimum Gasteiger partial charge on any atom is -0.346 e. The van der Waals surface area contributed by atoms with Gasteiger partial charge in [-0.2, -0.15) is 0 Å². The predicted molar refractivity (Wildman–Crippen MR) is 76.6 cm³/mol. The van der Waals surface area contributed by atoms with Crippen LogP contribution in [0.15, 0.2) is 36.5 Å². The number of nitrogens with one attached hydrogen (secondary N) is 1. The molecule has 0 spiro atoms. The smallest absolute Gasteiger partial charge is 0.137 e. The Labute approximate surface area is 119 Å². The molecule has 0 aliphatic heterocycles. The zero-order chi connectivity index (χ0) is 12.7. The van der Waals surface area contributed by atoms with Gasteiger partial charge in [-0.05, 0) is 30.3 Å². The summed E-state index contributed by atoms with van der Waals surface area (Å²) in [4.78, 5) is 7.56. The van der Waals surface area contributed by atoms with Crippen LogP contribution in [0.3, 0.4) is 0 Å². The van der Waals surface area contributed by atoms with Crippen LogP contribution < -0.4 is 0 Å². The number of hydrogen-bond donors (Lipinski definition) is 1. The van der Waals surface area contributed by atoms with E-state index in [4.69, 9.17) is 34.8 Å². The summed E-state index contributed by atoms with van der Waals surface area (Å²) in [6, 6.07) is 9.20. The first-order valence-electron chi connectivity index (χ1n) is 5.24. The zero-order valence-electron chi connectivity index (χ0n) is 9.05. The topological polar surface area (TPSA) is 28.7 Å². The van der Waals surface area contributed by atoms with Crippen molar-refractivity contribution >= 4 is 45.8 Å². The number of pyridine rings is 1. The van der Waals surface area contributed by atoms with Crippen LogP contribution in [0.1, 0.15) is 0 Å². The average molecular weight is 298 g/mol. The Hall–Kier alpha value is -1.22. The van der Waals surface area contributed by atoms with E-state index < -0.39 is 0 Å². The van der Waals surface area contributed by atoms with Crippen LogP contribution >= 0.6 is 34.8 Å². The molecule has 0 unspecified atom stereocenters. The quantitative estimate of drug-likeness (QED) is 0.615. The lowest BCUT2D eigenvalue weighted by atomic mass is 10.1. The first-order valence-corrected chi connectivity index (χ1v) is 6.37. The Morgan fingerprint density at radius 1 is 0.889 bits per heavy atom. The number of hydrogen-bond acceptors (Lipinski definition) is 1. The maximum Gasteiger partial charge on any atom is 0.137 e. The molecule has 1 aromatic carbocycles. The molecular weight excluding hydrogens is 291 g/mol. The van der Waals surface area contributed by atoms with Gasteiger partial charge in [0, 0.05) is 17.1 Å². The van der Waals surface area contributed by atoms with Crippen molar-refractivity contribution in [3.05, 3.63) is 51.6 Å². The third kappa shape index (κ3) is 1.97. The summed E-state index contributed by atoms with van der Waals surface area (Å²) in [5, 5.41) is 2.48. The van der Waals surface area contributed by atoms with E-state index in [0.29, 0.717) is 15.1 Å². The first-order chi connectivity index (χ1) is 8.65. The molecule has 1 N–H and O–H groups in total. The molecule has 0 fully saturated rings. The van der Waals surface area contributed by atoms with Crippen LogP contribution in [-0.4, -0.2) is 9.97 Å². The highest BCUT2D eigenvalue weighted by atomic mass is 35.5. The summed E-state index contributed by atoms with van der Waals surface area (Å²) in [6.07, 6.45) is 1.85. The van der Waals surface area contributed by atoms with E-state index in [1.807, 2.05) is 24.4 Å². The maximum absolute atomic E-state index is 6.17. The van der Waals surface area contributed by atoms with E-state index in [1.54, 1.807) is 12.1 Å². The molecule has 5 heteroatoms. The van der Waals surface area contributed by atoms with Crippen LogP contribution in [-0.2, 0) is 0 Å². The van der Waals surface area contributed by atoms with Gasteiger partial charge in [-0.25, -0.2) is 4.98 Å². The fourth-order valence-corrected chi connectivity index (χ4v) is 2.44.